The first-order valence-electron chi connectivity index (χ1n) is 7.40. The quantitative estimate of drug-likeness (QED) is 0.630. The Morgan fingerprint density at radius 3 is 2.26 bits per heavy atom. The van der Waals surface area contributed by atoms with Crippen molar-refractivity contribution in [2.75, 3.05) is 20.8 Å². The molecule has 0 saturated heterocycles. The maximum atomic E-state index is 5.38. The standard InChI is InChI=1S/C15H24O2.C2H6/c1-13-9-10-15(17-3)14(12-13)8-6-4-5-7-11-16-2;1-2/h9-10,12H,4-8,11H2,1-3H3;1-2H3. The molecule has 0 unspecified atom stereocenters. The minimum absolute atomic E-state index is 0.883. The first kappa shape index (κ1) is 18.0. The lowest BCUT2D eigenvalue weighted by atomic mass is 10.0. The van der Waals surface area contributed by atoms with E-state index < -0.39 is 0 Å². The highest BCUT2D eigenvalue weighted by Gasteiger charge is 2.02. The van der Waals surface area contributed by atoms with Gasteiger partial charge >= 0.3 is 0 Å². The van der Waals surface area contributed by atoms with E-state index in [0.29, 0.717) is 0 Å². The van der Waals surface area contributed by atoms with Crippen LogP contribution < -0.4 is 4.74 Å². The summed E-state index contributed by atoms with van der Waals surface area (Å²) in [6, 6.07) is 6.39. The molecular weight excluding hydrogens is 236 g/mol. The maximum Gasteiger partial charge on any atom is 0.122 e. The molecular formula is C17H30O2. The largest absolute Gasteiger partial charge is 0.496 e. The lowest BCUT2D eigenvalue weighted by Gasteiger charge is -2.09. The van der Waals surface area contributed by atoms with Crippen molar-refractivity contribution in [2.45, 2.75) is 52.9 Å². The van der Waals surface area contributed by atoms with Crippen molar-refractivity contribution in [2.24, 2.45) is 0 Å². The Morgan fingerprint density at radius 1 is 0.947 bits per heavy atom. The van der Waals surface area contributed by atoms with E-state index >= 15 is 0 Å². The predicted molar refractivity (Wildman–Crippen MR) is 83.1 cm³/mol. The zero-order chi connectivity index (χ0) is 14.5. The first-order valence-corrected chi connectivity index (χ1v) is 7.40. The Kier molecular flexibility index (Phi) is 11.4. The molecule has 0 bridgehead atoms. The van der Waals surface area contributed by atoms with Crippen LogP contribution in [0.4, 0.5) is 0 Å². The average Bonchev–Trinajstić information content (AvgIpc) is 2.45. The van der Waals surface area contributed by atoms with Gasteiger partial charge in [-0.25, -0.2) is 0 Å². The molecule has 1 aromatic rings. The van der Waals surface area contributed by atoms with Gasteiger partial charge in [0.15, 0.2) is 0 Å². The van der Waals surface area contributed by atoms with Crippen molar-refractivity contribution in [3.05, 3.63) is 29.3 Å². The molecule has 0 saturated carbocycles. The third kappa shape index (κ3) is 7.89. The van der Waals surface area contributed by atoms with Crippen LogP contribution in [0.1, 0.15) is 50.7 Å². The fourth-order valence-electron chi connectivity index (χ4n) is 2.02. The Bertz CT molecular complexity index is 321. The molecule has 0 aliphatic carbocycles. The van der Waals surface area contributed by atoms with Crippen LogP contribution in [0, 0.1) is 6.92 Å². The van der Waals surface area contributed by atoms with Crippen LogP contribution in [-0.2, 0) is 11.2 Å². The predicted octanol–water partition coefficient (Wildman–Crippen LogP) is 4.78. The van der Waals surface area contributed by atoms with Crippen LogP contribution in [0.5, 0.6) is 5.75 Å². The molecule has 0 spiro atoms. The maximum absolute atomic E-state index is 5.38. The van der Waals surface area contributed by atoms with E-state index in [1.54, 1.807) is 14.2 Å². The molecule has 0 aliphatic rings. The van der Waals surface area contributed by atoms with E-state index in [2.05, 4.69) is 25.1 Å². The Labute approximate surface area is 119 Å². The molecule has 0 atom stereocenters. The van der Waals surface area contributed by atoms with E-state index in [0.717, 1.165) is 18.8 Å². The molecule has 0 aliphatic heterocycles. The molecule has 2 heteroatoms. The highest BCUT2D eigenvalue weighted by atomic mass is 16.5. The van der Waals surface area contributed by atoms with Gasteiger partial charge in [0.1, 0.15) is 5.75 Å². The van der Waals surface area contributed by atoms with E-state index in [4.69, 9.17) is 9.47 Å². The van der Waals surface area contributed by atoms with Crippen molar-refractivity contribution in [3.8, 4) is 5.75 Å². The number of methoxy groups -OCH3 is 2. The molecule has 2 nitrogen and oxygen atoms in total. The van der Waals surface area contributed by atoms with Gasteiger partial charge in [0, 0.05) is 13.7 Å². The van der Waals surface area contributed by atoms with Crippen LogP contribution in [0.15, 0.2) is 18.2 Å². The zero-order valence-electron chi connectivity index (χ0n) is 13.3. The Balaban J connectivity index is 0.00000154. The Morgan fingerprint density at radius 2 is 1.63 bits per heavy atom. The van der Waals surface area contributed by atoms with Gasteiger partial charge in [0.2, 0.25) is 0 Å². The SMILES string of the molecule is CC.COCCCCCCc1cc(C)ccc1OC. The lowest BCUT2D eigenvalue weighted by molar-refractivity contribution is 0.192. The zero-order valence-corrected chi connectivity index (χ0v) is 13.3. The molecule has 0 radical (unpaired) electrons. The number of aryl methyl sites for hydroxylation is 2. The molecule has 0 amide bonds. The van der Waals surface area contributed by atoms with Gasteiger partial charge < -0.3 is 9.47 Å². The fraction of sp³-hybridized carbons (Fsp3) is 0.647. The van der Waals surface area contributed by atoms with Crippen molar-refractivity contribution in [3.63, 3.8) is 0 Å². The molecule has 0 fully saturated rings. The average molecular weight is 266 g/mol. The van der Waals surface area contributed by atoms with Gasteiger partial charge in [-0.1, -0.05) is 44.4 Å². The van der Waals surface area contributed by atoms with Crippen molar-refractivity contribution in [1.82, 2.24) is 0 Å². The summed E-state index contributed by atoms with van der Waals surface area (Å²) in [6.07, 6.45) is 6.02. The summed E-state index contributed by atoms with van der Waals surface area (Å²) in [5.41, 5.74) is 2.64. The number of benzene rings is 1. The monoisotopic (exact) mass is 266 g/mol. The molecule has 19 heavy (non-hydrogen) atoms. The van der Waals surface area contributed by atoms with E-state index in [1.165, 1.54) is 36.8 Å². The van der Waals surface area contributed by atoms with Crippen molar-refractivity contribution in [1.29, 1.82) is 0 Å². The van der Waals surface area contributed by atoms with Crippen LogP contribution in [0.3, 0.4) is 0 Å². The third-order valence-corrected chi connectivity index (χ3v) is 2.98. The lowest BCUT2D eigenvalue weighted by Crippen LogP contribution is -1.94. The van der Waals surface area contributed by atoms with E-state index in [-0.39, 0.29) is 0 Å². The summed E-state index contributed by atoms with van der Waals surface area (Å²) in [5, 5.41) is 0. The fourth-order valence-corrected chi connectivity index (χ4v) is 2.02. The summed E-state index contributed by atoms with van der Waals surface area (Å²) in [4.78, 5) is 0. The van der Waals surface area contributed by atoms with Gasteiger partial charge in [0.05, 0.1) is 7.11 Å². The first-order chi connectivity index (χ1) is 9.27. The molecule has 1 rings (SSSR count). The minimum atomic E-state index is 0.883. The van der Waals surface area contributed by atoms with Gasteiger partial charge in [-0.05, 0) is 37.8 Å². The van der Waals surface area contributed by atoms with Gasteiger partial charge in [0.25, 0.3) is 0 Å². The highest BCUT2D eigenvalue weighted by Crippen LogP contribution is 2.21. The number of hydrogen-bond donors (Lipinski definition) is 0. The van der Waals surface area contributed by atoms with Crippen molar-refractivity contribution < 1.29 is 9.47 Å². The van der Waals surface area contributed by atoms with E-state index in [9.17, 15) is 0 Å². The molecule has 0 aromatic heterocycles. The molecule has 1 aromatic carbocycles. The minimum Gasteiger partial charge on any atom is -0.496 e. The number of hydrogen-bond acceptors (Lipinski definition) is 2. The number of unbranched alkanes of at least 4 members (excludes halogenated alkanes) is 3. The number of ether oxygens (including phenoxy) is 2. The van der Waals surface area contributed by atoms with Crippen molar-refractivity contribution >= 4 is 0 Å². The van der Waals surface area contributed by atoms with Gasteiger partial charge in [-0.3, -0.25) is 0 Å². The van der Waals surface area contributed by atoms with E-state index in [1.807, 2.05) is 13.8 Å². The summed E-state index contributed by atoms with van der Waals surface area (Å²) in [6.45, 7) is 7.01. The summed E-state index contributed by atoms with van der Waals surface area (Å²) < 4.78 is 10.4. The van der Waals surface area contributed by atoms with Crippen LogP contribution >= 0.6 is 0 Å². The second-order valence-electron chi connectivity index (χ2n) is 4.47. The number of rotatable bonds is 8. The highest BCUT2D eigenvalue weighted by molar-refractivity contribution is 5.36. The van der Waals surface area contributed by atoms with Gasteiger partial charge in [-0.2, -0.15) is 0 Å². The molecule has 0 heterocycles. The normalized spacial score (nSPS) is 9.74. The molecule has 0 N–H and O–H groups in total. The second kappa shape index (κ2) is 12.0. The summed E-state index contributed by atoms with van der Waals surface area (Å²) in [5.74, 6) is 1.02. The van der Waals surface area contributed by atoms with Crippen LogP contribution in [0.25, 0.3) is 0 Å². The second-order valence-corrected chi connectivity index (χ2v) is 4.47. The smallest absolute Gasteiger partial charge is 0.122 e. The summed E-state index contributed by atoms with van der Waals surface area (Å²) in [7, 11) is 3.50. The topological polar surface area (TPSA) is 18.5 Å². The Hall–Kier alpha value is -1.02. The molecule has 110 valence electrons. The van der Waals surface area contributed by atoms with Crippen LogP contribution in [-0.4, -0.2) is 20.8 Å². The van der Waals surface area contributed by atoms with Gasteiger partial charge in [-0.15, -0.1) is 0 Å². The van der Waals surface area contributed by atoms with Crippen LogP contribution in [0.2, 0.25) is 0 Å². The summed E-state index contributed by atoms with van der Waals surface area (Å²) >= 11 is 0. The third-order valence-electron chi connectivity index (χ3n) is 2.98.